The van der Waals surface area contributed by atoms with Crippen molar-refractivity contribution in [2.45, 2.75) is 13.8 Å². The number of carbonyl (C=O) groups excluding carboxylic acids is 1. The van der Waals surface area contributed by atoms with Crippen LogP contribution in [0.1, 0.15) is 12.5 Å². The topological polar surface area (TPSA) is 56.3 Å². The highest BCUT2D eigenvalue weighted by Gasteiger charge is 2.14. The van der Waals surface area contributed by atoms with Gasteiger partial charge in [0.25, 0.3) is 0 Å². The van der Waals surface area contributed by atoms with Crippen LogP contribution in [0, 0.1) is 6.92 Å². The van der Waals surface area contributed by atoms with Crippen LogP contribution in [0.5, 0.6) is 5.75 Å². The van der Waals surface area contributed by atoms with Gasteiger partial charge in [0.05, 0.1) is 5.52 Å². The van der Waals surface area contributed by atoms with E-state index in [-0.39, 0.29) is 11.7 Å². The first-order valence-corrected chi connectivity index (χ1v) is 5.74. The third kappa shape index (κ3) is 1.97. The molecule has 0 bridgehead atoms. The van der Waals surface area contributed by atoms with E-state index in [0.29, 0.717) is 17.7 Å². The lowest BCUT2D eigenvalue weighted by molar-refractivity contribution is -0.116. The van der Waals surface area contributed by atoms with Crippen LogP contribution >= 0.6 is 0 Å². The molecule has 18 heavy (non-hydrogen) atoms. The Kier molecular flexibility index (Phi) is 3.10. The fourth-order valence-electron chi connectivity index (χ4n) is 2.03. The van der Waals surface area contributed by atoms with Crippen LogP contribution in [-0.2, 0) is 4.79 Å². The van der Waals surface area contributed by atoms with Crippen molar-refractivity contribution in [1.82, 2.24) is 4.98 Å². The van der Waals surface area contributed by atoms with Gasteiger partial charge in [-0.3, -0.25) is 4.79 Å². The predicted molar refractivity (Wildman–Crippen MR) is 72.9 cm³/mol. The molecular formula is C14H16N2O2. The van der Waals surface area contributed by atoms with Gasteiger partial charge in [0.2, 0.25) is 5.91 Å². The molecule has 4 nitrogen and oxygen atoms in total. The van der Waals surface area contributed by atoms with Crippen molar-refractivity contribution < 1.29 is 9.90 Å². The second-order valence-electron chi connectivity index (χ2n) is 4.28. The fourth-order valence-corrected chi connectivity index (χ4v) is 2.03. The van der Waals surface area contributed by atoms with E-state index < -0.39 is 0 Å². The number of anilines is 1. The summed E-state index contributed by atoms with van der Waals surface area (Å²) in [6.45, 7) is 7.51. The molecule has 1 amide bonds. The summed E-state index contributed by atoms with van der Waals surface area (Å²) in [6.07, 6.45) is 3.49. The third-order valence-electron chi connectivity index (χ3n) is 2.96. The molecule has 2 N–H and O–H groups in total. The summed E-state index contributed by atoms with van der Waals surface area (Å²) >= 11 is 0. The van der Waals surface area contributed by atoms with E-state index >= 15 is 0 Å². The van der Waals surface area contributed by atoms with Gasteiger partial charge in [0.15, 0.2) is 0 Å². The molecule has 0 saturated carbocycles. The van der Waals surface area contributed by atoms with Gasteiger partial charge in [0.1, 0.15) is 5.75 Å². The van der Waals surface area contributed by atoms with Crippen molar-refractivity contribution in [3.63, 3.8) is 0 Å². The first kappa shape index (κ1) is 12.2. The quantitative estimate of drug-likeness (QED) is 0.816. The number of H-pyrrole nitrogens is 1. The fraction of sp³-hybridized carbons (Fsp3) is 0.214. The lowest BCUT2D eigenvalue weighted by atomic mass is 10.1. The first-order valence-electron chi connectivity index (χ1n) is 5.74. The maximum Gasteiger partial charge on any atom is 0.224 e. The van der Waals surface area contributed by atoms with Crippen molar-refractivity contribution >= 4 is 22.5 Å². The number of phenols is 1. The second-order valence-corrected chi connectivity index (χ2v) is 4.28. The standard InChI is InChI=1S/C14H16N2O2/c1-4-5-16(10(3)17)11-6-12-9(2)8-15-14(12)13(18)7-11/h4,6-8,15,18H,1,5H2,2-3H3. The Labute approximate surface area is 106 Å². The molecule has 0 aliphatic carbocycles. The number of aromatic nitrogens is 1. The van der Waals surface area contributed by atoms with E-state index in [4.69, 9.17) is 0 Å². The van der Waals surface area contributed by atoms with Gasteiger partial charge in [0, 0.05) is 36.8 Å². The minimum Gasteiger partial charge on any atom is -0.506 e. The van der Waals surface area contributed by atoms with Crippen molar-refractivity contribution in [3.8, 4) is 5.75 Å². The summed E-state index contributed by atoms with van der Waals surface area (Å²) in [5.41, 5.74) is 2.40. The number of hydrogen-bond acceptors (Lipinski definition) is 2. The SMILES string of the molecule is C=CCN(C(C)=O)c1cc(O)c2[nH]cc(C)c2c1. The van der Waals surface area contributed by atoms with Gasteiger partial charge in [-0.2, -0.15) is 0 Å². The second kappa shape index (κ2) is 4.56. The number of rotatable bonds is 3. The normalized spacial score (nSPS) is 10.6. The Balaban J connectivity index is 2.59. The minimum atomic E-state index is -0.0816. The zero-order chi connectivity index (χ0) is 13.3. The number of fused-ring (bicyclic) bond motifs is 1. The Morgan fingerprint density at radius 1 is 1.56 bits per heavy atom. The van der Waals surface area contributed by atoms with Gasteiger partial charge < -0.3 is 15.0 Å². The average molecular weight is 244 g/mol. The van der Waals surface area contributed by atoms with Crippen molar-refractivity contribution in [2.24, 2.45) is 0 Å². The van der Waals surface area contributed by atoms with E-state index in [1.807, 2.05) is 19.2 Å². The molecule has 0 radical (unpaired) electrons. The van der Waals surface area contributed by atoms with Crippen molar-refractivity contribution in [1.29, 1.82) is 0 Å². The van der Waals surface area contributed by atoms with Crippen LogP contribution in [0.15, 0.2) is 31.0 Å². The van der Waals surface area contributed by atoms with Crippen LogP contribution in [0.25, 0.3) is 10.9 Å². The van der Waals surface area contributed by atoms with E-state index in [1.54, 1.807) is 17.0 Å². The van der Waals surface area contributed by atoms with E-state index in [9.17, 15) is 9.90 Å². The molecule has 0 spiro atoms. The minimum absolute atomic E-state index is 0.0816. The van der Waals surface area contributed by atoms with Crippen LogP contribution in [0.2, 0.25) is 0 Å². The highest BCUT2D eigenvalue weighted by molar-refractivity contribution is 5.97. The van der Waals surface area contributed by atoms with Gasteiger partial charge >= 0.3 is 0 Å². The number of nitrogens with one attached hydrogen (secondary N) is 1. The monoisotopic (exact) mass is 244 g/mol. The van der Waals surface area contributed by atoms with Crippen LogP contribution < -0.4 is 4.90 Å². The van der Waals surface area contributed by atoms with Crippen molar-refractivity contribution in [3.05, 3.63) is 36.5 Å². The summed E-state index contributed by atoms with van der Waals surface area (Å²) in [5.74, 6) is 0.0627. The molecule has 2 aromatic rings. The molecular weight excluding hydrogens is 228 g/mol. The lowest BCUT2D eigenvalue weighted by Crippen LogP contribution is -2.28. The molecule has 1 aromatic heterocycles. The Hall–Kier alpha value is -2.23. The highest BCUT2D eigenvalue weighted by atomic mass is 16.3. The number of nitrogens with zero attached hydrogens (tertiary/aromatic N) is 1. The van der Waals surface area contributed by atoms with E-state index in [0.717, 1.165) is 10.9 Å². The summed E-state index contributed by atoms with van der Waals surface area (Å²) < 4.78 is 0. The summed E-state index contributed by atoms with van der Waals surface area (Å²) in [5, 5.41) is 10.9. The smallest absolute Gasteiger partial charge is 0.224 e. The number of aromatic amines is 1. The zero-order valence-corrected chi connectivity index (χ0v) is 10.5. The van der Waals surface area contributed by atoms with Gasteiger partial charge in [-0.15, -0.1) is 6.58 Å². The molecule has 1 aromatic carbocycles. The number of phenolic OH excluding ortho intramolecular Hbond substituents is 1. The van der Waals surface area contributed by atoms with Gasteiger partial charge in [-0.1, -0.05) is 6.08 Å². The highest BCUT2D eigenvalue weighted by Crippen LogP contribution is 2.32. The maximum absolute atomic E-state index is 11.6. The largest absolute Gasteiger partial charge is 0.506 e. The Morgan fingerprint density at radius 3 is 2.89 bits per heavy atom. The predicted octanol–water partition coefficient (Wildman–Crippen LogP) is 2.72. The number of carbonyl (C=O) groups is 1. The van der Waals surface area contributed by atoms with Gasteiger partial charge in [-0.05, 0) is 18.6 Å². The number of aromatic hydroxyl groups is 1. The van der Waals surface area contributed by atoms with Crippen LogP contribution in [0.4, 0.5) is 5.69 Å². The van der Waals surface area contributed by atoms with Crippen LogP contribution in [-0.4, -0.2) is 22.5 Å². The number of benzene rings is 1. The summed E-state index contributed by atoms with van der Waals surface area (Å²) in [6, 6.07) is 3.48. The summed E-state index contributed by atoms with van der Waals surface area (Å²) in [7, 11) is 0. The molecule has 0 fully saturated rings. The number of hydrogen-bond donors (Lipinski definition) is 2. The molecule has 0 aliphatic rings. The molecule has 0 aliphatic heterocycles. The summed E-state index contributed by atoms with van der Waals surface area (Å²) in [4.78, 5) is 16.2. The average Bonchev–Trinajstić information content (AvgIpc) is 2.68. The molecule has 0 unspecified atom stereocenters. The maximum atomic E-state index is 11.6. The number of aryl methyl sites for hydroxylation is 1. The molecule has 0 atom stereocenters. The number of amides is 1. The van der Waals surface area contributed by atoms with Crippen LogP contribution in [0.3, 0.4) is 0 Å². The molecule has 1 heterocycles. The molecule has 0 saturated heterocycles. The Morgan fingerprint density at radius 2 is 2.28 bits per heavy atom. The van der Waals surface area contributed by atoms with E-state index in [1.165, 1.54) is 6.92 Å². The third-order valence-corrected chi connectivity index (χ3v) is 2.96. The molecule has 2 rings (SSSR count). The lowest BCUT2D eigenvalue weighted by Gasteiger charge is -2.19. The van der Waals surface area contributed by atoms with Gasteiger partial charge in [-0.25, -0.2) is 0 Å². The van der Waals surface area contributed by atoms with E-state index in [2.05, 4.69) is 11.6 Å². The van der Waals surface area contributed by atoms with Crippen molar-refractivity contribution in [2.75, 3.05) is 11.4 Å². The Bertz CT molecular complexity index is 614. The molecule has 94 valence electrons. The molecule has 4 heteroatoms. The first-order chi connectivity index (χ1) is 8.54. The zero-order valence-electron chi connectivity index (χ0n) is 10.5.